The summed E-state index contributed by atoms with van der Waals surface area (Å²) in [5.41, 5.74) is 12.1. The number of rotatable bonds is 3. The van der Waals surface area contributed by atoms with E-state index in [-0.39, 0.29) is 5.56 Å². The first-order chi connectivity index (χ1) is 8.58. The van der Waals surface area contributed by atoms with Gasteiger partial charge in [0.1, 0.15) is 17.5 Å². The van der Waals surface area contributed by atoms with Gasteiger partial charge in [-0.05, 0) is 36.2 Å². The Labute approximate surface area is 103 Å². The first-order valence-electron chi connectivity index (χ1n) is 5.48. The summed E-state index contributed by atoms with van der Waals surface area (Å²) < 4.78 is 27.1. The lowest BCUT2D eigenvalue weighted by molar-refractivity contribution is 0.524. The maximum absolute atomic E-state index is 13.5. The van der Waals surface area contributed by atoms with Gasteiger partial charge in [-0.15, -0.1) is 0 Å². The molecular formula is C13H13F2N3. The van der Waals surface area contributed by atoms with Crippen molar-refractivity contribution in [2.75, 3.05) is 5.73 Å². The highest BCUT2D eigenvalue weighted by molar-refractivity contribution is 5.33. The summed E-state index contributed by atoms with van der Waals surface area (Å²) in [5, 5.41) is 0. The molecule has 0 fully saturated rings. The number of nitrogen functional groups attached to an aromatic ring is 1. The lowest BCUT2D eigenvalue weighted by atomic mass is 9.99. The van der Waals surface area contributed by atoms with E-state index >= 15 is 0 Å². The molecule has 18 heavy (non-hydrogen) atoms. The van der Waals surface area contributed by atoms with E-state index in [9.17, 15) is 8.78 Å². The summed E-state index contributed by atoms with van der Waals surface area (Å²) >= 11 is 0. The molecule has 3 nitrogen and oxygen atoms in total. The zero-order valence-electron chi connectivity index (χ0n) is 9.61. The highest BCUT2D eigenvalue weighted by Gasteiger charge is 2.16. The second-order valence-electron chi connectivity index (χ2n) is 4.03. The smallest absolute Gasteiger partial charge is 0.130 e. The minimum atomic E-state index is -0.756. The molecule has 0 bridgehead atoms. The molecule has 1 aromatic carbocycles. The van der Waals surface area contributed by atoms with Crippen LogP contribution in [0.2, 0.25) is 0 Å². The Kier molecular flexibility index (Phi) is 3.53. The number of anilines is 1. The molecule has 2 rings (SSSR count). The van der Waals surface area contributed by atoms with Crippen molar-refractivity contribution >= 4 is 5.82 Å². The van der Waals surface area contributed by atoms with Gasteiger partial charge in [-0.3, -0.25) is 0 Å². The monoisotopic (exact) mass is 249 g/mol. The van der Waals surface area contributed by atoms with Gasteiger partial charge in [0.25, 0.3) is 0 Å². The number of benzene rings is 1. The van der Waals surface area contributed by atoms with Crippen LogP contribution in [0.3, 0.4) is 0 Å². The molecule has 0 aliphatic heterocycles. The molecular weight excluding hydrogens is 236 g/mol. The lowest BCUT2D eigenvalue weighted by Crippen LogP contribution is -2.17. The molecule has 0 aliphatic carbocycles. The molecule has 0 spiro atoms. The highest BCUT2D eigenvalue weighted by atomic mass is 19.1. The van der Waals surface area contributed by atoms with Gasteiger partial charge in [-0.1, -0.05) is 6.07 Å². The standard InChI is InChI=1S/C13H13F2N3/c14-9-2-1-3-10(15)13(9)11(16)6-8-4-5-18-12(17)7-8/h1-5,7,11H,6,16H2,(H2,17,18). The van der Waals surface area contributed by atoms with Crippen LogP contribution >= 0.6 is 0 Å². The predicted octanol–water partition coefficient (Wildman–Crippen LogP) is 2.18. The van der Waals surface area contributed by atoms with Crippen LogP contribution in [0.4, 0.5) is 14.6 Å². The fraction of sp³-hybridized carbons (Fsp3) is 0.154. The zero-order valence-corrected chi connectivity index (χ0v) is 9.61. The van der Waals surface area contributed by atoms with Gasteiger partial charge in [0.15, 0.2) is 0 Å². The van der Waals surface area contributed by atoms with Crippen molar-refractivity contribution in [2.24, 2.45) is 5.73 Å². The molecule has 0 saturated carbocycles. The van der Waals surface area contributed by atoms with Crippen molar-refractivity contribution < 1.29 is 8.78 Å². The SMILES string of the molecule is Nc1cc(CC(N)c2c(F)cccc2F)ccn1. The molecule has 1 atom stereocenters. The molecule has 5 heteroatoms. The summed E-state index contributed by atoms with van der Waals surface area (Å²) in [6.07, 6.45) is 1.83. The molecule has 2 aromatic rings. The van der Waals surface area contributed by atoms with Gasteiger partial charge in [0.05, 0.1) is 0 Å². The van der Waals surface area contributed by atoms with Crippen LogP contribution < -0.4 is 11.5 Å². The summed E-state index contributed by atoms with van der Waals surface area (Å²) in [7, 11) is 0. The molecule has 0 radical (unpaired) electrons. The van der Waals surface area contributed by atoms with E-state index in [4.69, 9.17) is 11.5 Å². The fourth-order valence-corrected chi connectivity index (χ4v) is 1.84. The Morgan fingerprint density at radius 2 is 1.83 bits per heavy atom. The summed E-state index contributed by atoms with van der Waals surface area (Å²) in [6, 6.07) is 6.30. The summed E-state index contributed by atoms with van der Waals surface area (Å²) in [5.74, 6) is -0.914. The Bertz CT molecular complexity index is 537. The number of nitrogens with zero attached hydrogens (tertiary/aromatic N) is 1. The topological polar surface area (TPSA) is 64.9 Å². The van der Waals surface area contributed by atoms with Gasteiger partial charge in [0, 0.05) is 17.8 Å². The van der Waals surface area contributed by atoms with Gasteiger partial charge >= 0.3 is 0 Å². The minimum absolute atomic E-state index is 0.104. The molecule has 0 aliphatic rings. The van der Waals surface area contributed by atoms with E-state index in [0.717, 1.165) is 5.56 Å². The van der Waals surface area contributed by atoms with Crippen molar-refractivity contribution in [2.45, 2.75) is 12.5 Å². The largest absolute Gasteiger partial charge is 0.384 e. The van der Waals surface area contributed by atoms with Crippen molar-refractivity contribution in [3.63, 3.8) is 0 Å². The van der Waals surface area contributed by atoms with E-state index in [1.54, 1.807) is 12.1 Å². The van der Waals surface area contributed by atoms with E-state index in [1.807, 2.05) is 0 Å². The van der Waals surface area contributed by atoms with Gasteiger partial charge < -0.3 is 11.5 Å². The molecule has 1 unspecified atom stereocenters. The van der Waals surface area contributed by atoms with Crippen LogP contribution in [0.5, 0.6) is 0 Å². The van der Waals surface area contributed by atoms with Crippen molar-refractivity contribution in [1.82, 2.24) is 4.98 Å². The van der Waals surface area contributed by atoms with Crippen LogP contribution in [0.1, 0.15) is 17.2 Å². The number of aromatic nitrogens is 1. The minimum Gasteiger partial charge on any atom is -0.384 e. The molecule has 1 aromatic heterocycles. The Balaban J connectivity index is 2.25. The molecule has 0 amide bonds. The van der Waals surface area contributed by atoms with Crippen molar-refractivity contribution in [3.05, 3.63) is 59.3 Å². The van der Waals surface area contributed by atoms with Gasteiger partial charge in [0.2, 0.25) is 0 Å². The predicted molar refractivity (Wildman–Crippen MR) is 65.6 cm³/mol. The average Bonchev–Trinajstić information content (AvgIpc) is 2.28. The maximum atomic E-state index is 13.5. The Morgan fingerprint density at radius 1 is 1.17 bits per heavy atom. The number of hydrogen-bond donors (Lipinski definition) is 2. The van der Waals surface area contributed by atoms with Gasteiger partial charge in [-0.25, -0.2) is 13.8 Å². The average molecular weight is 249 g/mol. The number of nitrogens with two attached hydrogens (primary N) is 2. The number of pyridine rings is 1. The van der Waals surface area contributed by atoms with Crippen LogP contribution in [-0.4, -0.2) is 4.98 Å². The third kappa shape index (κ3) is 2.62. The number of halogens is 2. The third-order valence-corrected chi connectivity index (χ3v) is 2.67. The molecule has 0 saturated heterocycles. The van der Waals surface area contributed by atoms with Crippen molar-refractivity contribution in [3.8, 4) is 0 Å². The fourth-order valence-electron chi connectivity index (χ4n) is 1.84. The number of hydrogen-bond acceptors (Lipinski definition) is 3. The third-order valence-electron chi connectivity index (χ3n) is 2.67. The Hall–Kier alpha value is -2.01. The normalized spacial score (nSPS) is 12.4. The van der Waals surface area contributed by atoms with E-state index in [0.29, 0.717) is 12.2 Å². The Morgan fingerprint density at radius 3 is 2.44 bits per heavy atom. The molecule has 4 N–H and O–H groups in total. The molecule has 1 heterocycles. The zero-order chi connectivity index (χ0) is 13.1. The van der Waals surface area contributed by atoms with Crippen LogP contribution in [-0.2, 0) is 6.42 Å². The van der Waals surface area contributed by atoms with Crippen LogP contribution in [0, 0.1) is 11.6 Å². The lowest BCUT2D eigenvalue weighted by Gasteiger charge is -2.14. The van der Waals surface area contributed by atoms with Crippen molar-refractivity contribution in [1.29, 1.82) is 0 Å². The van der Waals surface area contributed by atoms with Crippen LogP contribution in [0.15, 0.2) is 36.5 Å². The van der Waals surface area contributed by atoms with E-state index in [1.165, 1.54) is 24.4 Å². The van der Waals surface area contributed by atoms with Crippen LogP contribution in [0.25, 0.3) is 0 Å². The van der Waals surface area contributed by atoms with Gasteiger partial charge in [-0.2, -0.15) is 0 Å². The summed E-state index contributed by atoms with van der Waals surface area (Å²) in [4.78, 5) is 3.84. The quantitative estimate of drug-likeness (QED) is 0.876. The first-order valence-corrected chi connectivity index (χ1v) is 5.48. The second-order valence-corrected chi connectivity index (χ2v) is 4.03. The highest BCUT2D eigenvalue weighted by Crippen LogP contribution is 2.22. The second kappa shape index (κ2) is 5.10. The first kappa shape index (κ1) is 12.4. The maximum Gasteiger partial charge on any atom is 0.130 e. The molecule has 94 valence electrons. The van der Waals surface area contributed by atoms with E-state index in [2.05, 4.69) is 4.98 Å². The summed E-state index contributed by atoms with van der Waals surface area (Å²) in [6.45, 7) is 0. The van der Waals surface area contributed by atoms with E-state index < -0.39 is 17.7 Å².